The van der Waals surface area contributed by atoms with Crippen LogP contribution in [-0.4, -0.2) is 48.9 Å². The van der Waals surface area contributed by atoms with E-state index in [1.165, 1.54) is 0 Å². The van der Waals surface area contributed by atoms with E-state index in [1.807, 2.05) is 19.0 Å². The molecular weight excluding hydrogens is 368 g/mol. The van der Waals surface area contributed by atoms with Gasteiger partial charge in [-0.05, 0) is 49.8 Å². The molecule has 0 radical (unpaired) electrons. The minimum Gasteiger partial charge on any atom is -0.376 e. The third-order valence-corrected chi connectivity index (χ3v) is 5.63. The second kappa shape index (κ2) is 7.38. The van der Waals surface area contributed by atoms with Gasteiger partial charge in [-0.15, -0.1) is 0 Å². The summed E-state index contributed by atoms with van der Waals surface area (Å²) in [7, 11) is 3.70. The third kappa shape index (κ3) is 3.88. The van der Waals surface area contributed by atoms with Gasteiger partial charge < -0.3 is 15.5 Å². The van der Waals surface area contributed by atoms with Crippen LogP contribution in [0.2, 0.25) is 5.02 Å². The molecule has 1 saturated heterocycles. The van der Waals surface area contributed by atoms with Crippen LogP contribution in [0, 0.1) is 5.92 Å². The number of carbonyl (C=O) groups is 3. The molecule has 2 fully saturated rings. The van der Waals surface area contributed by atoms with Crippen molar-refractivity contribution in [2.75, 3.05) is 30.9 Å². The summed E-state index contributed by atoms with van der Waals surface area (Å²) in [6.07, 6.45) is 3.02. The molecule has 1 saturated carbocycles. The molecule has 4 amide bonds. The van der Waals surface area contributed by atoms with Crippen LogP contribution in [0.3, 0.4) is 0 Å². The molecule has 146 valence electrons. The molecule has 0 bridgehead atoms. The number of nitrogens with one attached hydrogen (secondary N) is 2. The minimum atomic E-state index is -0.839. The van der Waals surface area contributed by atoms with Gasteiger partial charge in [0.25, 0.3) is 5.91 Å². The lowest BCUT2D eigenvalue weighted by Gasteiger charge is -2.33. The van der Waals surface area contributed by atoms with E-state index in [0.717, 1.165) is 23.4 Å². The van der Waals surface area contributed by atoms with Gasteiger partial charge in [0, 0.05) is 19.1 Å². The maximum atomic E-state index is 12.8. The highest BCUT2D eigenvalue weighted by Gasteiger charge is 2.52. The highest BCUT2D eigenvalue weighted by Crippen LogP contribution is 2.36. The third-order valence-electron chi connectivity index (χ3n) is 5.39. The Bertz CT molecular complexity index is 772. The fourth-order valence-corrected chi connectivity index (χ4v) is 3.92. The lowest BCUT2D eigenvalue weighted by molar-refractivity contribution is -0.135. The molecule has 1 heterocycles. The Morgan fingerprint density at radius 3 is 2.63 bits per heavy atom. The minimum absolute atomic E-state index is 0.298. The van der Waals surface area contributed by atoms with E-state index < -0.39 is 17.5 Å². The standard InChI is InChI=1S/C19H25ClN4O3/c1-12-6-8-19(9-7-12)17(26)24(18(27)22-19)11-16(25)21-14-10-13(20)4-5-15(14)23(2)3/h4-5,10,12H,6-9,11H2,1-3H3,(H,21,25)(H,22,27). The first kappa shape index (κ1) is 19.5. The van der Waals surface area contributed by atoms with Gasteiger partial charge in [0.1, 0.15) is 12.1 Å². The van der Waals surface area contributed by atoms with Gasteiger partial charge in [-0.1, -0.05) is 18.5 Å². The van der Waals surface area contributed by atoms with Crippen LogP contribution in [0.15, 0.2) is 18.2 Å². The fourth-order valence-electron chi connectivity index (χ4n) is 3.75. The van der Waals surface area contributed by atoms with Crippen LogP contribution in [0.1, 0.15) is 32.6 Å². The molecule has 0 atom stereocenters. The Labute approximate surface area is 164 Å². The summed E-state index contributed by atoms with van der Waals surface area (Å²) in [4.78, 5) is 40.6. The van der Waals surface area contributed by atoms with Gasteiger partial charge in [-0.2, -0.15) is 0 Å². The van der Waals surface area contributed by atoms with Crippen molar-refractivity contribution < 1.29 is 14.4 Å². The molecule has 8 heteroatoms. The number of rotatable bonds is 4. The van der Waals surface area contributed by atoms with E-state index in [9.17, 15) is 14.4 Å². The number of amides is 4. The Morgan fingerprint density at radius 1 is 1.33 bits per heavy atom. The molecule has 1 aliphatic carbocycles. The van der Waals surface area contributed by atoms with Gasteiger partial charge in [0.05, 0.1) is 11.4 Å². The second-order valence-corrected chi connectivity index (χ2v) is 8.13. The highest BCUT2D eigenvalue weighted by atomic mass is 35.5. The van der Waals surface area contributed by atoms with Crippen LogP contribution < -0.4 is 15.5 Å². The predicted molar refractivity (Wildman–Crippen MR) is 105 cm³/mol. The second-order valence-electron chi connectivity index (χ2n) is 7.69. The molecule has 0 unspecified atom stereocenters. The van der Waals surface area contributed by atoms with Crippen LogP contribution in [-0.2, 0) is 9.59 Å². The summed E-state index contributed by atoms with van der Waals surface area (Å²) in [6, 6.07) is 4.68. The summed E-state index contributed by atoms with van der Waals surface area (Å²) in [5, 5.41) is 6.07. The van der Waals surface area contributed by atoms with Gasteiger partial charge in [0.15, 0.2) is 0 Å². The van der Waals surface area contributed by atoms with Gasteiger partial charge >= 0.3 is 6.03 Å². The van der Waals surface area contributed by atoms with Crippen molar-refractivity contribution >= 4 is 40.8 Å². The maximum Gasteiger partial charge on any atom is 0.325 e. The average molecular weight is 393 g/mol. The Balaban J connectivity index is 1.71. The van der Waals surface area contributed by atoms with Crippen molar-refractivity contribution in [3.05, 3.63) is 23.2 Å². The zero-order valence-electron chi connectivity index (χ0n) is 15.8. The molecule has 1 aromatic rings. The van der Waals surface area contributed by atoms with Gasteiger partial charge in [-0.25, -0.2) is 4.79 Å². The average Bonchev–Trinajstić information content (AvgIpc) is 2.82. The number of imide groups is 1. The molecule has 0 aromatic heterocycles. The number of hydrogen-bond donors (Lipinski definition) is 2. The number of anilines is 2. The van der Waals surface area contributed by atoms with E-state index in [0.29, 0.717) is 29.5 Å². The molecule has 3 rings (SSSR count). The normalized spacial score (nSPS) is 24.9. The van der Waals surface area contributed by atoms with Crippen LogP contribution in [0.5, 0.6) is 0 Å². The zero-order chi connectivity index (χ0) is 19.8. The maximum absolute atomic E-state index is 12.8. The van der Waals surface area contributed by atoms with E-state index >= 15 is 0 Å². The topological polar surface area (TPSA) is 81.8 Å². The van der Waals surface area contributed by atoms with E-state index in [2.05, 4.69) is 17.6 Å². The quantitative estimate of drug-likeness (QED) is 0.772. The zero-order valence-corrected chi connectivity index (χ0v) is 16.6. The lowest BCUT2D eigenvalue weighted by Crippen LogP contribution is -2.49. The van der Waals surface area contributed by atoms with Crippen molar-refractivity contribution in [1.29, 1.82) is 0 Å². The number of nitrogens with zero attached hydrogens (tertiary/aromatic N) is 2. The molecule has 27 heavy (non-hydrogen) atoms. The van der Waals surface area contributed by atoms with Crippen molar-refractivity contribution in [1.82, 2.24) is 10.2 Å². The summed E-state index contributed by atoms with van der Waals surface area (Å²) >= 11 is 6.03. The SMILES string of the molecule is CC1CCC2(CC1)NC(=O)N(CC(=O)Nc1cc(Cl)ccc1N(C)C)C2=O. The van der Waals surface area contributed by atoms with Crippen molar-refractivity contribution in [2.45, 2.75) is 38.1 Å². The molecule has 1 spiro atoms. The first-order chi connectivity index (χ1) is 12.7. The monoisotopic (exact) mass is 392 g/mol. The number of carbonyl (C=O) groups excluding carboxylic acids is 3. The predicted octanol–water partition coefficient (Wildman–Crippen LogP) is 2.85. The van der Waals surface area contributed by atoms with E-state index in [4.69, 9.17) is 11.6 Å². The molecule has 1 aromatic carbocycles. The number of benzene rings is 1. The largest absolute Gasteiger partial charge is 0.376 e. The van der Waals surface area contributed by atoms with E-state index in [-0.39, 0.29) is 12.5 Å². The lowest BCUT2D eigenvalue weighted by atomic mass is 9.77. The summed E-state index contributed by atoms with van der Waals surface area (Å²) < 4.78 is 0. The van der Waals surface area contributed by atoms with E-state index in [1.54, 1.807) is 18.2 Å². The number of halogens is 1. The van der Waals surface area contributed by atoms with Crippen molar-refractivity contribution in [3.8, 4) is 0 Å². The first-order valence-electron chi connectivity index (χ1n) is 9.13. The smallest absolute Gasteiger partial charge is 0.325 e. The van der Waals surface area contributed by atoms with Crippen LogP contribution in [0.4, 0.5) is 16.2 Å². The molecule has 7 nitrogen and oxygen atoms in total. The van der Waals surface area contributed by atoms with Gasteiger partial charge in [0.2, 0.25) is 5.91 Å². The molecule has 2 aliphatic rings. The molecule has 2 N–H and O–H groups in total. The van der Waals surface area contributed by atoms with Gasteiger partial charge in [-0.3, -0.25) is 14.5 Å². The van der Waals surface area contributed by atoms with Crippen molar-refractivity contribution in [3.63, 3.8) is 0 Å². The van der Waals surface area contributed by atoms with Crippen LogP contribution in [0.25, 0.3) is 0 Å². The summed E-state index contributed by atoms with van der Waals surface area (Å²) in [6.45, 7) is 1.83. The molecule has 1 aliphatic heterocycles. The Morgan fingerprint density at radius 2 is 2.00 bits per heavy atom. The number of urea groups is 1. The summed E-state index contributed by atoms with van der Waals surface area (Å²) in [5.41, 5.74) is 0.475. The summed E-state index contributed by atoms with van der Waals surface area (Å²) in [5.74, 6) is -0.191. The van der Waals surface area contributed by atoms with Crippen LogP contribution >= 0.6 is 11.6 Å². The molecular formula is C19H25ClN4O3. The Kier molecular flexibility index (Phi) is 5.33. The Hall–Kier alpha value is -2.28. The fraction of sp³-hybridized carbons (Fsp3) is 0.526. The first-order valence-corrected chi connectivity index (χ1v) is 9.50. The van der Waals surface area contributed by atoms with Crippen molar-refractivity contribution in [2.24, 2.45) is 5.92 Å². The highest BCUT2D eigenvalue weighted by molar-refractivity contribution is 6.31. The number of hydrogen-bond acceptors (Lipinski definition) is 4.